The molecule has 1 aromatic heterocycles. The molecule has 0 saturated carbocycles. The Morgan fingerprint density at radius 3 is 2.67 bits per heavy atom. The predicted molar refractivity (Wildman–Crippen MR) is 83.7 cm³/mol. The van der Waals surface area contributed by atoms with E-state index in [0.717, 1.165) is 17.9 Å². The van der Waals surface area contributed by atoms with Crippen LogP contribution in [0.4, 0.5) is 0 Å². The van der Waals surface area contributed by atoms with E-state index in [1.807, 2.05) is 43.5 Å². The highest BCUT2D eigenvalue weighted by Crippen LogP contribution is 2.25. The molecule has 0 bridgehead atoms. The summed E-state index contributed by atoms with van der Waals surface area (Å²) in [5, 5.41) is 3.49. The molecule has 1 heterocycles. The Labute approximate surface area is 126 Å². The van der Waals surface area contributed by atoms with Gasteiger partial charge in [-0.05, 0) is 25.5 Å². The van der Waals surface area contributed by atoms with Gasteiger partial charge in [0.15, 0.2) is 0 Å². The molecule has 4 heteroatoms. The molecule has 1 atom stereocenters. The maximum atomic E-state index is 5.67. The average Bonchev–Trinajstić information content (AvgIpc) is 2.54. The largest absolute Gasteiger partial charge is 0.494 e. The second-order valence-electron chi connectivity index (χ2n) is 4.78. The van der Waals surface area contributed by atoms with Gasteiger partial charge in [-0.1, -0.05) is 24.3 Å². The molecule has 0 aliphatic rings. The maximum Gasteiger partial charge on any atom is 0.212 e. The summed E-state index contributed by atoms with van der Waals surface area (Å²) in [5.41, 5.74) is 2.29. The Bertz CT molecular complexity index is 555. The monoisotopic (exact) mass is 286 g/mol. The first-order valence-electron chi connectivity index (χ1n) is 7.18. The van der Waals surface area contributed by atoms with E-state index in [2.05, 4.69) is 23.3 Å². The lowest BCUT2D eigenvalue weighted by atomic mass is 10.1. The predicted octanol–water partition coefficient (Wildman–Crippen LogP) is 3.34. The van der Waals surface area contributed by atoms with Gasteiger partial charge < -0.3 is 14.8 Å². The number of hydrogen-bond donors (Lipinski definition) is 1. The topological polar surface area (TPSA) is 43.4 Å². The van der Waals surface area contributed by atoms with Gasteiger partial charge in [0, 0.05) is 30.4 Å². The van der Waals surface area contributed by atoms with Crippen LogP contribution in [0.25, 0.3) is 0 Å². The number of ether oxygens (including phenoxy) is 2. The molecule has 1 unspecified atom stereocenters. The first kappa shape index (κ1) is 15.3. The highest BCUT2D eigenvalue weighted by Gasteiger charge is 2.10. The zero-order chi connectivity index (χ0) is 15.1. The minimum atomic E-state index is 0.204. The van der Waals surface area contributed by atoms with E-state index in [4.69, 9.17) is 9.47 Å². The van der Waals surface area contributed by atoms with Crippen LogP contribution in [-0.4, -0.2) is 18.7 Å². The van der Waals surface area contributed by atoms with Gasteiger partial charge in [0.25, 0.3) is 0 Å². The summed E-state index contributed by atoms with van der Waals surface area (Å²) < 4.78 is 10.7. The molecule has 1 N–H and O–H groups in total. The minimum absolute atomic E-state index is 0.204. The standard InChI is InChI=1S/C17H22N2O2/c1-4-21-16-8-6-5-7-15(16)13(2)18-11-14-9-10-17(20-3)19-12-14/h5-10,12-13,18H,4,11H2,1-3H3. The number of nitrogens with zero attached hydrogens (tertiary/aromatic N) is 1. The molecule has 2 rings (SSSR count). The van der Waals surface area contributed by atoms with E-state index >= 15 is 0 Å². The van der Waals surface area contributed by atoms with Gasteiger partial charge in [-0.2, -0.15) is 0 Å². The van der Waals surface area contributed by atoms with E-state index in [0.29, 0.717) is 12.5 Å². The number of benzene rings is 1. The molecule has 0 aliphatic heterocycles. The van der Waals surface area contributed by atoms with Crippen LogP contribution < -0.4 is 14.8 Å². The molecule has 0 aliphatic carbocycles. The zero-order valence-electron chi connectivity index (χ0n) is 12.8. The Morgan fingerprint density at radius 2 is 2.00 bits per heavy atom. The van der Waals surface area contributed by atoms with Crippen molar-refractivity contribution in [2.45, 2.75) is 26.4 Å². The Kier molecular flexibility index (Phi) is 5.58. The van der Waals surface area contributed by atoms with Crippen molar-refractivity contribution in [2.75, 3.05) is 13.7 Å². The number of hydrogen-bond acceptors (Lipinski definition) is 4. The summed E-state index contributed by atoms with van der Waals surface area (Å²) in [6, 6.07) is 12.2. The fraction of sp³-hybridized carbons (Fsp3) is 0.353. The van der Waals surface area contributed by atoms with Crippen LogP contribution in [0, 0.1) is 0 Å². The van der Waals surface area contributed by atoms with Crippen molar-refractivity contribution in [3.8, 4) is 11.6 Å². The summed E-state index contributed by atoms with van der Waals surface area (Å²) in [7, 11) is 1.62. The highest BCUT2D eigenvalue weighted by molar-refractivity contribution is 5.35. The molecule has 0 radical (unpaired) electrons. The first-order chi connectivity index (χ1) is 10.2. The third kappa shape index (κ3) is 4.20. The van der Waals surface area contributed by atoms with E-state index in [1.54, 1.807) is 7.11 Å². The Balaban J connectivity index is 1.99. The molecule has 2 aromatic rings. The van der Waals surface area contributed by atoms with E-state index in [-0.39, 0.29) is 6.04 Å². The van der Waals surface area contributed by atoms with E-state index in [9.17, 15) is 0 Å². The number of para-hydroxylation sites is 1. The molecule has 112 valence electrons. The van der Waals surface area contributed by atoms with Crippen LogP contribution in [-0.2, 0) is 6.54 Å². The van der Waals surface area contributed by atoms with Crippen molar-refractivity contribution in [2.24, 2.45) is 0 Å². The van der Waals surface area contributed by atoms with Gasteiger partial charge in [0.1, 0.15) is 5.75 Å². The van der Waals surface area contributed by atoms with Crippen LogP contribution in [0.3, 0.4) is 0 Å². The number of nitrogens with one attached hydrogen (secondary N) is 1. The summed E-state index contributed by atoms with van der Waals surface area (Å²) in [6.07, 6.45) is 1.83. The lowest BCUT2D eigenvalue weighted by Gasteiger charge is -2.18. The average molecular weight is 286 g/mol. The van der Waals surface area contributed by atoms with Gasteiger partial charge >= 0.3 is 0 Å². The minimum Gasteiger partial charge on any atom is -0.494 e. The van der Waals surface area contributed by atoms with Gasteiger partial charge in [0.05, 0.1) is 13.7 Å². The van der Waals surface area contributed by atoms with Crippen LogP contribution in [0.1, 0.15) is 31.0 Å². The van der Waals surface area contributed by atoms with Crippen molar-refractivity contribution in [1.82, 2.24) is 10.3 Å². The van der Waals surface area contributed by atoms with Crippen LogP contribution in [0.2, 0.25) is 0 Å². The van der Waals surface area contributed by atoms with E-state index < -0.39 is 0 Å². The van der Waals surface area contributed by atoms with Crippen LogP contribution in [0.15, 0.2) is 42.6 Å². The van der Waals surface area contributed by atoms with Gasteiger partial charge in [-0.25, -0.2) is 4.98 Å². The number of methoxy groups -OCH3 is 1. The molecular weight excluding hydrogens is 264 g/mol. The fourth-order valence-corrected chi connectivity index (χ4v) is 2.14. The normalized spacial score (nSPS) is 12.0. The number of aromatic nitrogens is 1. The molecular formula is C17H22N2O2. The second kappa shape index (κ2) is 7.64. The number of pyridine rings is 1. The van der Waals surface area contributed by atoms with Crippen LogP contribution >= 0.6 is 0 Å². The summed E-state index contributed by atoms with van der Waals surface area (Å²) >= 11 is 0. The lowest BCUT2D eigenvalue weighted by molar-refractivity contribution is 0.332. The van der Waals surface area contributed by atoms with Crippen molar-refractivity contribution in [3.63, 3.8) is 0 Å². The lowest BCUT2D eigenvalue weighted by Crippen LogP contribution is -2.19. The summed E-state index contributed by atoms with van der Waals surface area (Å²) in [6.45, 7) is 5.55. The Morgan fingerprint density at radius 1 is 1.19 bits per heavy atom. The quantitative estimate of drug-likeness (QED) is 0.847. The number of rotatable bonds is 7. The van der Waals surface area contributed by atoms with Crippen molar-refractivity contribution >= 4 is 0 Å². The van der Waals surface area contributed by atoms with Crippen molar-refractivity contribution in [3.05, 3.63) is 53.7 Å². The summed E-state index contributed by atoms with van der Waals surface area (Å²) in [5.74, 6) is 1.57. The molecule has 1 aromatic carbocycles. The van der Waals surface area contributed by atoms with Crippen molar-refractivity contribution in [1.29, 1.82) is 0 Å². The molecule has 0 saturated heterocycles. The van der Waals surface area contributed by atoms with Crippen LogP contribution in [0.5, 0.6) is 11.6 Å². The highest BCUT2D eigenvalue weighted by atomic mass is 16.5. The van der Waals surface area contributed by atoms with Crippen molar-refractivity contribution < 1.29 is 9.47 Å². The molecule has 4 nitrogen and oxygen atoms in total. The molecule has 0 fully saturated rings. The third-order valence-electron chi connectivity index (χ3n) is 3.30. The van der Waals surface area contributed by atoms with Gasteiger partial charge in [0.2, 0.25) is 5.88 Å². The molecule has 21 heavy (non-hydrogen) atoms. The SMILES string of the molecule is CCOc1ccccc1C(C)NCc1ccc(OC)nc1. The Hall–Kier alpha value is -2.07. The smallest absolute Gasteiger partial charge is 0.212 e. The summed E-state index contributed by atoms with van der Waals surface area (Å²) in [4.78, 5) is 4.21. The zero-order valence-corrected chi connectivity index (χ0v) is 12.8. The first-order valence-corrected chi connectivity index (χ1v) is 7.18. The maximum absolute atomic E-state index is 5.67. The second-order valence-corrected chi connectivity index (χ2v) is 4.78. The van der Waals surface area contributed by atoms with E-state index in [1.165, 1.54) is 5.56 Å². The molecule has 0 spiro atoms. The molecule has 0 amide bonds. The van der Waals surface area contributed by atoms with Gasteiger partial charge in [-0.3, -0.25) is 0 Å². The van der Waals surface area contributed by atoms with Gasteiger partial charge in [-0.15, -0.1) is 0 Å². The fourth-order valence-electron chi connectivity index (χ4n) is 2.14. The third-order valence-corrected chi connectivity index (χ3v) is 3.30.